The predicted molar refractivity (Wildman–Crippen MR) is 113 cm³/mol. The monoisotopic (exact) mass is 382 g/mol. The number of piperidine rings is 1. The molecule has 0 N–H and O–H groups in total. The van der Waals surface area contributed by atoms with Crippen molar-refractivity contribution in [2.24, 2.45) is 5.92 Å². The molecule has 1 fully saturated rings. The molecule has 1 amide bonds. The minimum atomic E-state index is -0.00907. The zero-order valence-corrected chi connectivity index (χ0v) is 18.0. The van der Waals surface area contributed by atoms with Crippen molar-refractivity contribution < 1.29 is 9.21 Å². The summed E-state index contributed by atoms with van der Waals surface area (Å²) in [5.41, 5.74) is 2.54. The lowest BCUT2D eigenvalue weighted by atomic mass is 9.99. The number of aryl methyl sites for hydroxylation is 1. The van der Waals surface area contributed by atoms with Crippen LogP contribution in [-0.2, 0) is 13.1 Å². The second-order valence-electron chi connectivity index (χ2n) is 9.25. The zero-order chi connectivity index (χ0) is 20.3. The Bertz CT molecular complexity index is 778. The standard InChI is InChI=1S/C24H34N2O2/c1-18-6-8-20(9-7-18)16-26(24(3,4)5)17-21-10-11-22(28-21)23(27)25-14-12-19(2)13-15-25/h6-11,19H,12-17H2,1-5H3. The Balaban J connectivity index is 1.68. The van der Waals surface area contributed by atoms with Gasteiger partial charge in [0.1, 0.15) is 5.76 Å². The highest BCUT2D eigenvalue weighted by Crippen LogP contribution is 2.23. The highest BCUT2D eigenvalue weighted by atomic mass is 16.4. The number of rotatable bonds is 5. The molecule has 0 aliphatic carbocycles. The van der Waals surface area contributed by atoms with Gasteiger partial charge in [-0.25, -0.2) is 0 Å². The van der Waals surface area contributed by atoms with Crippen LogP contribution in [0.1, 0.15) is 68.0 Å². The Labute approximate surface area is 169 Å². The maximum Gasteiger partial charge on any atom is 0.289 e. The van der Waals surface area contributed by atoms with Crippen LogP contribution < -0.4 is 0 Å². The van der Waals surface area contributed by atoms with E-state index in [2.05, 4.69) is 63.8 Å². The Morgan fingerprint density at radius 2 is 1.71 bits per heavy atom. The number of amides is 1. The average Bonchev–Trinajstić information content (AvgIpc) is 3.11. The molecule has 2 heterocycles. The van der Waals surface area contributed by atoms with Gasteiger partial charge in [0, 0.05) is 25.2 Å². The summed E-state index contributed by atoms with van der Waals surface area (Å²) in [5, 5.41) is 0. The fourth-order valence-corrected chi connectivity index (χ4v) is 3.58. The van der Waals surface area contributed by atoms with Crippen LogP contribution in [0.5, 0.6) is 0 Å². The van der Waals surface area contributed by atoms with Crippen LogP contribution in [-0.4, -0.2) is 34.3 Å². The molecule has 28 heavy (non-hydrogen) atoms. The van der Waals surface area contributed by atoms with Gasteiger partial charge < -0.3 is 9.32 Å². The third-order valence-corrected chi connectivity index (χ3v) is 5.73. The van der Waals surface area contributed by atoms with Gasteiger partial charge in [-0.2, -0.15) is 0 Å². The van der Waals surface area contributed by atoms with Gasteiger partial charge in [-0.3, -0.25) is 9.69 Å². The molecule has 3 rings (SSSR count). The van der Waals surface area contributed by atoms with Gasteiger partial charge in [-0.15, -0.1) is 0 Å². The average molecular weight is 383 g/mol. The number of hydrogen-bond acceptors (Lipinski definition) is 3. The molecule has 2 aromatic rings. The minimum absolute atomic E-state index is 0.00907. The molecule has 1 saturated heterocycles. The zero-order valence-electron chi connectivity index (χ0n) is 18.0. The smallest absolute Gasteiger partial charge is 0.289 e. The molecule has 0 bridgehead atoms. The maximum atomic E-state index is 12.7. The molecular formula is C24H34N2O2. The van der Waals surface area contributed by atoms with E-state index in [1.807, 2.05) is 17.0 Å². The Morgan fingerprint density at radius 3 is 2.32 bits per heavy atom. The highest BCUT2D eigenvalue weighted by molar-refractivity contribution is 5.91. The van der Waals surface area contributed by atoms with Crippen molar-refractivity contribution in [3.63, 3.8) is 0 Å². The van der Waals surface area contributed by atoms with E-state index < -0.39 is 0 Å². The van der Waals surface area contributed by atoms with Gasteiger partial charge in [-0.1, -0.05) is 36.8 Å². The van der Waals surface area contributed by atoms with Crippen molar-refractivity contribution >= 4 is 5.91 Å². The normalized spacial score (nSPS) is 16.0. The maximum absolute atomic E-state index is 12.7. The molecule has 0 unspecified atom stereocenters. The third-order valence-electron chi connectivity index (χ3n) is 5.73. The van der Waals surface area contributed by atoms with E-state index in [0.717, 1.165) is 38.2 Å². The molecule has 1 aromatic heterocycles. The van der Waals surface area contributed by atoms with Gasteiger partial charge in [0.2, 0.25) is 0 Å². The first-order chi connectivity index (χ1) is 13.2. The van der Waals surface area contributed by atoms with Gasteiger partial charge in [-0.05, 0) is 64.2 Å². The molecule has 152 valence electrons. The summed E-state index contributed by atoms with van der Waals surface area (Å²) in [5.74, 6) is 2.04. The van der Waals surface area contributed by atoms with Gasteiger partial charge in [0.05, 0.1) is 6.54 Å². The van der Waals surface area contributed by atoms with Gasteiger partial charge in [0.15, 0.2) is 5.76 Å². The van der Waals surface area contributed by atoms with E-state index in [9.17, 15) is 4.79 Å². The minimum Gasteiger partial charge on any atom is -0.455 e. The highest BCUT2D eigenvalue weighted by Gasteiger charge is 2.26. The molecule has 1 aromatic carbocycles. The summed E-state index contributed by atoms with van der Waals surface area (Å²) in [6, 6.07) is 12.5. The molecule has 0 spiro atoms. The summed E-state index contributed by atoms with van der Waals surface area (Å²) in [7, 11) is 0. The van der Waals surface area contributed by atoms with Gasteiger partial charge >= 0.3 is 0 Å². The predicted octanol–water partition coefficient (Wildman–Crippen LogP) is 5.26. The third kappa shape index (κ3) is 5.26. The molecule has 0 radical (unpaired) electrons. The van der Waals surface area contributed by atoms with E-state index in [1.165, 1.54) is 11.1 Å². The van der Waals surface area contributed by atoms with E-state index in [0.29, 0.717) is 18.2 Å². The van der Waals surface area contributed by atoms with E-state index in [-0.39, 0.29) is 11.4 Å². The molecule has 4 nitrogen and oxygen atoms in total. The molecule has 0 atom stereocenters. The van der Waals surface area contributed by atoms with Crippen LogP contribution >= 0.6 is 0 Å². The van der Waals surface area contributed by atoms with E-state index in [4.69, 9.17) is 4.42 Å². The van der Waals surface area contributed by atoms with Crippen molar-refractivity contribution in [1.29, 1.82) is 0 Å². The lowest BCUT2D eigenvalue weighted by molar-refractivity contribution is 0.0655. The topological polar surface area (TPSA) is 36.7 Å². The summed E-state index contributed by atoms with van der Waals surface area (Å²) >= 11 is 0. The number of hydrogen-bond donors (Lipinski definition) is 0. The van der Waals surface area contributed by atoms with Crippen molar-refractivity contribution in [1.82, 2.24) is 9.80 Å². The first-order valence-electron chi connectivity index (χ1n) is 10.4. The van der Waals surface area contributed by atoms with Crippen molar-refractivity contribution in [2.75, 3.05) is 13.1 Å². The van der Waals surface area contributed by atoms with Crippen LogP contribution in [0, 0.1) is 12.8 Å². The Kier molecular flexibility index (Phi) is 6.29. The first kappa shape index (κ1) is 20.7. The van der Waals surface area contributed by atoms with Crippen LogP contribution in [0.2, 0.25) is 0 Å². The van der Waals surface area contributed by atoms with Crippen molar-refractivity contribution in [3.8, 4) is 0 Å². The fourth-order valence-electron chi connectivity index (χ4n) is 3.58. The second-order valence-corrected chi connectivity index (χ2v) is 9.25. The number of likely N-dealkylation sites (tertiary alicyclic amines) is 1. The summed E-state index contributed by atoms with van der Waals surface area (Å²) in [4.78, 5) is 17.1. The number of carbonyl (C=O) groups excluding carboxylic acids is 1. The van der Waals surface area contributed by atoms with Gasteiger partial charge in [0.25, 0.3) is 5.91 Å². The quantitative estimate of drug-likeness (QED) is 0.708. The SMILES string of the molecule is Cc1ccc(CN(Cc2ccc(C(=O)N3CCC(C)CC3)o2)C(C)(C)C)cc1. The second kappa shape index (κ2) is 8.52. The molecular weight excluding hydrogens is 348 g/mol. The number of carbonyl (C=O) groups is 1. The Hall–Kier alpha value is -2.07. The number of nitrogens with zero attached hydrogens (tertiary/aromatic N) is 2. The van der Waals surface area contributed by atoms with Crippen LogP contribution in [0.15, 0.2) is 40.8 Å². The molecule has 1 aliphatic rings. The van der Waals surface area contributed by atoms with Crippen LogP contribution in [0.4, 0.5) is 0 Å². The van der Waals surface area contributed by atoms with E-state index in [1.54, 1.807) is 0 Å². The lowest BCUT2D eigenvalue weighted by Crippen LogP contribution is -2.40. The van der Waals surface area contributed by atoms with Crippen LogP contribution in [0.3, 0.4) is 0 Å². The van der Waals surface area contributed by atoms with Crippen molar-refractivity contribution in [3.05, 3.63) is 59.0 Å². The molecule has 0 saturated carbocycles. The molecule has 1 aliphatic heterocycles. The summed E-state index contributed by atoms with van der Waals surface area (Å²) in [6.45, 7) is 14.2. The molecule has 4 heteroatoms. The summed E-state index contributed by atoms with van der Waals surface area (Å²) in [6.07, 6.45) is 2.15. The number of furan rings is 1. The lowest BCUT2D eigenvalue weighted by Gasteiger charge is -2.35. The summed E-state index contributed by atoms with van der Waals surface area (Å²) < 4.78 is 5.98. The van der Waals surface area contributed by atoms with Crippen LogP contribution in [0.25, 0.3) is 0 Å². The largest absolute Gasteiger partial charge is 0.455 e. The number of benzene rings is 1. The Morgan fingerprint density at radius 1 is 1.07 bits per heavy atom. The van der Waals surface area contributed by atoms with Crippen molar-refractivity contribution in [2.45, 2.75) is 66.1 Å². The fraction of sp³-hybridized carbons (Fsp3) is 0.542. The van der Waals surface area contributed by atoms with E-state index >= 15 is 0 Å². The first-order valence-corrected chi connectivity index (χ1v) is 10.4.